The zero-order valence-electron chi connectivity index (χ0n) is 27.8. The van der Waals surface area contributed by atoms with E-state index in [1.807, 2.05) is 56.3 Å². The van der Waals surface area contributed by atoms with Crippen LogP contribution in [0.2, 0.25) is 0 Å². The van der Waals surface area contributed by atoms with Crippen LogP contribution in [0.1, 0.15) is 90.8 Å². The van der Waals surface area contributed by atoms with Gasteiger partial charge in [0.15, 0.2) is 0 Å². The summed E-state index contributed by atoms with van der Waals surface area (Å²) in [4.78, 5) is 33.4. The van der Waals surface area contributed by atoms with Gasteiger partial charge in [-0.05, 0) is 61.4 Å². The number of rotatable bonds is 16. The molecule has 3 N–H and O–H groups in total. The first-order valence-electron chi connectivity index (χ1n) is 16.6. The topological polar surface area (TPSA) is 113 Å². The first kappa shape index (κ1) is 34.9. The molecular weight excluding hydrogens is 580 g/mol. The van der Waals surface area contributed by atoms with Crippen molar-refractivity contribution in [1.29, 1.82) is 0 Å². The van der Waals surface area contributed by atoms with E-state index in [9.17, 15) is 14.7 Å². The van der Waals surface area contributed by atoms with Gasteiger partial charge >= 0.3 is 0 Å². The van der Waals surface area contributed by atoms with Crippen LogP contribution < -0.4 is 20.1 Å². The van der Waals surface area contributed by atoms with Crippen molar-refractivity contribution < 1.29 is 24.2 Å². The molecule has 3 aromatic rings. The van der Waals surface area contributed by atoms with Crippen molar-refractivity contribution in [2.45, 2.75) is 82.9 Å². The van der Waals surface area contributed by atoms with Crippen LogP contribution in [0.15, 0.2) is 66.7 Å². The van der Waals surface area contributed by atoms with Gasteiger partial charge in [-0.15, -0.1) is 0 Å². The van der Waals surface area contributed by atoms with Crippen LogP contribution in [-0.4, -0.2) is 72.8 Å². The van der Waals surface area contributed by atoms with Crippen LogP contribution in [0.25, 0.3) is 0 Å². The number of amides is 2. The summed E-state index contributed by atoms with van der Waals surface area (Å²) in [6.45, 7) is 5.57. The Morgan fingerprint density at radius 1 is 0.935 bits per heavy atom. The number of nitrogens with one attached hydrogen (secondary N) is 2. The average Bonchev–Trinajstić information content (AvgIpc) is 3.10. The Kier molecular flexibility index (Phi) is 13.0. The van der Waals surface area contributed by atoms with Crippen LogP contribution in [0.5, 0.6) is 11.6 Å². The summed E-state index contributed by atoms with van der Waals surface area (Å²) < 4.78 is 10.9. The molecule has 0 unspecified atom stereocenters. The summed E-state index contributed by atoms with van der Waals surface area (Å²) in [5.74, 6) is 0.336. The molecule has 9 nitrogen and oxygen atoms in total. The van der Waals surface area contributed by atoms with E-state index in [1.165, 1.54) is 19.6 Å². The van der Waals surface area contributed by atoms with E-state index in [2.05, 4.69) is 27.8 Å². The fraction of sp³-hybridized carbons (Fsp3) is 0.486. The van der Waals surface area contributed by atoms with Crippen molar-refractivity contribution in [2.24, 2.45) is 0 Å². The molecule has 0 aliphatic heterocycles. The first-order valence-corrected chi connectivity index (χ1v) is 16.6. The predicted octanol–water partition coefficient (Wildman–Crippen LogP) is 5.51. The Bertz CT molecular complexity index is 1400. The highest BCUT2D eigenvalue weighted by Crippen LogP contribution is 2.38. The van der Waals surface area contributed by atoms with Crippen LogP contribution in [0.4, 0.5) is 0 Å². The van der Waals surface area contributed by atoms with Crippen LogP contribution in [0.3, 0.4) is 0 Å². The number of methoxy groups -OCH3 is 2. The minimum Gasteiger partial charge on any atom is -0.497 e. The van der Waals surface area contributed by atoms with Gasteiger partial charge in [0.25, 0.3) is 11.8 Å². The van der Waals surface area contributed by atoms with E-state index in [-0.39, 0.29) is 29.6 Å². The zero-order chi connectivity index (χ0) is 32.9. The molecular formula is C37H50N4O5. The van der Waals surface area contributed by atoms with E-state index < -0.39 is 18.1 Å². The molecule has 0 saturated heterocycles. The van der Waals surface area contributed by atoms with Crippen molar-refractivity contribution in [2.75, 3.05) is 33.9 Å². The van der Waals surface area contributed by atoms with Crippen LogP contribution in [-0.2, 0) is 12.0 Å². The number of benzene rings is 2. The third-order valence-corrected chi connectivity index (χ3v) is 8.82. The van der Waals surface area contributed by atoms with Crippen molar-refractivity contribution in [3.8, 4) is 11.6 Å². The van der Waals surface area contributed by atoms with E-state index in [1.54, 1.807) is 18.1 Å². The lowest BCUT2D eigenvalue weighted by molar-refractivity contribution is 0.0754. The SMILES string of the molecule is CCCN(CCC)C(=O)c1cc(OC)nc(C(=O)N[C@@H](Cc2ccccc2)[C@H](O)CNC2(c3cccc(OC)c3)CCCCC2)c1. The monoisotopic (exact) mass is 630 g/mol. The van der Waals surface area contributed by atoms with Crippen molar-refractivity contribution in [3.63, 3.8) is 0 Å². The van der Waals surface area contributed by atoms with Crippen molar-refractivity contribution in [1.82, 2.24) is 20.5 Å². The molecule has 1 aliphatic carbocycles. The number of hydrogen-bond donors (Lipinski definition) is 3. The molecule has 0 spiro atoms. The fourth-order valence-corrected chi connectivity index (χ4v) is 6.37. The lowest BCUT2D eigenvalue weighted by Gasteiger charge is -2.40. The summed E-state index contributed by atoms with van der Waals surface area (Å²) in [5.41, 5.74) is 2.23. The summed E-state index contributed by atoms with van der Waals surface area (Å²) in [6, 6.07) is 20.4. The molecule has 0 bridgehead atoms. The Labute approximate surface area is 273 Å². The third-order valence-electron chi connectivity index (χ3n) is 8.82. The Morgan fingerprint density at radius 3 is 2.30 bits per heavy atom. The lowest BCUT2D eigenvalue weighted by atomic mass is 9.76. The van der Waals surface area contributed by atoms with Crippen LogP contribution >= 0.6 is 0 Å². The zero-order valence-corrected chi connectivity index (χ0v) is 27.8. The largest absolute Gasteiger partial charge is 0.497 e. The number of aliphatic hydroxyl groups excluding tert-OH is 1. The highest BCUT2D eigenvalue weighted by Gasteiger charge is 2.35. The minimum absolute atomic E-state index is 0.0639. The Morgan fingerprint density at radius 2 is 1.65 bits per heavy atom. The molecule has 2 atom stereocenters. The minimum atomic E-state index is -0.912. The summed E-state index contributed by atoms with van der Waals surface area (Å²) in [5, 5.41) is 18.4. The standard InChI is InChI=1S/C37H50N4O5/c1-5-20-41(21-6-2)36(44)28-23-32(39-34(24-28)46-4)35(43)40-31(22-27-14-9-7-10-15-27)33(42)26-38-37(18-11-8-12-19-37)29-16-13-17-30(25-29)45-3/h7,9-10,13-17,23-25,31,33,38,42H,5-6,8,11-12,18-22,26H2,1-4H3,(H,40,43)/t31-,33+/m0/s1. The number of hydrogen-bond acceptors (Lipinski definition) is 7. The molecule has 1 heterocycles. The molecule has 1 aliphatic rings. The molecule has 0 radical (unpaired) electrons. The van der Waals surface area contributed by atoms with Gasteiger partial charge in [-0.25, -0.2) is 4.98 Å². The Hall–Kier alpha value is -3.95. The Balaban J connectivity index is 1.58. The van der Waals surface area contributed by atoms with E-state index in [0.717, 1.165) is 55.4 Å². The number of nitrogens with zero attached hydrogens (tertiary/aromatic N) is 2. The van der Waals surface area contributed by atoms with Gasteiger partial charge in [0.05, 0.1) is 26.4 Å². The summed E-state index contributed by atoms with van der Waals surface area (Å²) in [7, 11) is 3.13. The summed E-state index contributed by atoms with van der Waals surface area (Å²) >= 11 is 0. The molecule has 46 heavy (non-hydrogen) atoms. The van der Waals surface area contributed by atoms with Gasteiger partial charge in [-0.2, -0.15) is 0 Å². The molecule has 1 fully saturated rings. The van der Waals surface area contributed by atoms with Gasteiger partial charge in [-0.3, -0.25) is 9.59 Å². The first-order chi connectivity index (χ1) is 22.3. The fourth-order valence-electron chi connectivity index (χ4n) is 6.37. The maximum absolute atomic E-state index is 13.8. The molecule has 248 valence electrons. The second-order valence-electron chi connectivity index (χ2n) is 12.2. The van der Waals surface area contributed by atoms with Gasteiger partial charge < -0.3 is 30.1 Å². The number of pyridine rings is 1. The molecule has 4 rings (SSSR count). The van der Waals surface area contributed by atoms with E-state index in [0.29, 0.717) is 25.1 Å². The average molecular weight is 631 g/mol. The lowest BCUT2D eigenvalue weighted by Crippen LogP contribution is -2.53. The van der Waals surface area contributed by atoms with Gasteiger partial charge in [0, 0.05) is 36.8 Å². The molecule has 9 heteroatoms. The van der Waals surface area contributed by atoms with Gasteiger partial charge in [-0.1, -0.05) is 75.6 Å². The highest BCUT2D eigenvalue weighted by molar-refractivity contribution is 5.99. The maximum atomic E-state index is 13.8. The highest BCUT2D eigenvalue weighted by atomic mass is 16.5. The molecule has 2 aromatic carbocycles. The number of aliphatic hydroxyl groups is 1. The second kappa shape index (κ2) is 17.1. The van der Waals surface area contributed by atoms with Gasteiger partial charge in [0.2, 0.25) is 5.88 Å². The maximum Gasteiger partial charge on any atom is 0.270 e. The number of carbonyl (C=O) groups is 2. The normalized spacial score (nSPS) is 15.4. The molecule has 1 saturated carbocycles. The number of ether oxygens (including phenoxy) is 2. The molecule has 1 aromatic heterocycles. The van der Waals surface area contributed by atoms with Crippen LogP contribution in [0, 0.1) is 0 Å². The van der Waals surface area contributed by atoms with E-state index >= 15 is 0 Å². The van der Waals surface area contributed by atoms with Crippen molar-refractivity contribution >= 4 is 11.8 Å². The summed E-state index contributed by atoms with van der Waals surface area (Å²) in [6.07, 6.45) is 6.39. The predicted molar refractivity (Wildman–Crippen MR) is 180 cm³/mol. The second-order valence-corrected chi connectivity index (χ2v) is 12.2. The number of aromatic nitrogens is 1. The van der Waals surface area contributed by atoms with Crippen molar-refractivity contribution in [3.05, 3.63) is 89.1 Å². The quantitative estimate of drug-likeness (QED) is 0.191. The third kappa shape index (κ3) is 9.07. The smallest absolute Gasteiger partial charge is 0.270 e. The molecule has 2 amide bonds. The van der Waals surface area contributed by atoms with E-state index in [4.69, 9.17) is 9.47 Å². The van der Waals surface area contributed by atoms with Gasteiger partial charge in [0.1, 0.15) is 11.4 Å². The number of carbonyl (C=O) groups excluding carboxylic acids is 2.